The van der Waals surface area contributed by atoms with Gasteiger partial charge in [0.25, 0.3) is 0 Å². The lowest BCUT2D eigenvalue weighted by molar-refractivity contribution is -0.139. The number of ether oxygens (including phenoxy) is 1. The highest BCUT2D eigenvalue weighted by Gasteiger charge is 2.39. The van der Waals surface area contributed by atoms with Gasteiger partial charge in [-0.2, -0.15) is 0 Å². The second-order valence-electron chi connectivity index (χ2n) is 6.71. The van der Waals surface area contributed by atoms with Crippen LogP contribution in [-0.4, -0.2) is 17.5 Å². The molecule has 0 radical (unpaired) electrons. The molecule has 28 heavy (non-hydrogen) atoms. The number of carbonyl (C=O) groups is 3. The van der Waals surface area contributed by atoms with E-state index in [-0.39, 0.29) is 35.0 Å². The minimum atomic E-state index is -0.755. The Kier molecular flexibility index (Phi) is 4.85. The molecule has 1 atom stereocenters. The summed E-state index contributed by atoms with van der Waals surface area (Å²) in [7, 11) is 0. The molecular weight excluding hydrogens is 352 g/mol. The maximum absolute atomic E-state index is 13.2. The van der Waals surface area contributed by atoms with Crippen molar-refractivity contribution in [1.29, 1.82) is 0 Å². The fourth-order valence-corrected chi connectivity index (χ4v) is 3.54. The number of allylic oxidation sites excluding steroid dienone is 5. The lowest BCUT2D eigenvalue weighted by Crippen LogP contribution is -2.30. The maximum Gasteiger partial charge on any atom is 0.342 e. The van der Waals surface area contributed by atoms with E-state index in [0.29, 0.717) is 12.0 Å². The van der Waals surface area contributed by atoms with Crippen LogP contribution in [0.1, 0.15) is 32.7 Å². The highest BCUT2D eigenvalue weighted by atomic mass is 16.5. The van der Waals surface area contributed by atoms with E-state index in [9.17, 15) is 14.4 Å². The number of rotatable bonds is 4. The van der Waals surface area contributed by atoms with E-state index in [2.05, 4.69) is 0 Å². The third kappa shape index (κ3) is 3.25. The molecule has 1 unspecified atom stereocenters. The van der Waals surface area contributed by atoms with Crippen molar-refractivity contribution < 1.29 is 19.1 Å². The number of carbonyl (C=O) groups excluding carboxylic acids is 3. The van der Waals surface area contributed by atoms with Crippen LogP contribution in [0.3, 0.4) is 0 Å². The summed E-state index contributed by atoms with van der Waals surface area (Å²) in [6.45, 7) is 0.0416. The minimum absolute atomic E-state index is 0.0416. The molecule has 2 aromatic carbocycles. The Morgan fingerprint density at radius 2 is 1.57 bits per heavy atom. The van der Waals surface area contributed by atoms with Crippen LogP contribution in [0, 0.1) is 5.92 Å². The molecule has 0 heterocycles. The molecule has 0 fully saturated rings. The Hall–Kier alpha value is -3.53. The van der Waals surface area contributed by atoms with E-state index in [1.54, 1.807) is 24.3 Å². The van der Waals surface area contributed by atoms with E-state index >= 15 is 0 Å². The molecule has 138 valence electrons. The van der Waals surface area contributed by atoms with Crippen molar-refractivity contribution in [2.45, 2.75) is 13.0 Å². The predicted octanol–water partition coefficient (Wildman–Crippen LogP) is 4.24. The van der Waals surface area contributed by atoms with Gasteiger partial charge in [0.05, 0.1) is 0 Å². The number of Topliss-reactive ketones (excluding diaryl/α,β-unsaturated/α-hetero) is 2. The van der Waals surface area contributed by atoms with Crippen molar-refractivity contribution in [3.05, 3.63) is 107 Å². The number of benzene rings is 2. The van der Waals surface area contributed by atoms with Crippen molar-refractivity contribution >= 4 is 17.5 Å². The van der Waals surface area contributed by atoms with Crippen molar-refractivity contribution in [3.63, 3.8) is 0 Å². The predicted molar refractivity (Wildman–Crippen MR) is 105 cm³/mol. The number of hydrogen-bond donors (Lipinski definition) is 0. The van der Waals surface area contributed by atoms with Gasteiger partial charge >= 0.3 is 5.97 Å². The molecule has 4 heteroatoms. The molecule has 0 saturated heterocycles. The molecule has 0 spiro atoms. The van der Waals surface area contributed by atoms with E-state index in [0.717, 1.165) is 5.56 Å². The average Bonchev–Trinajstić information content (AvgIpc) is 2.75. The SMILES string of the molecule is O=C(OCc1ccccc1)C1=C(C2C=CC=CC2)C(=O)c2ccccc2C1=O. The van der Waals surface area contributed by atoms with Crippen LogP contribution in [0.5, 0.6) is 0 Å². The molecule has 0 N–H and O–H groups in total. The summed E-state index contributed by atoms with van der Waals surface area (Å²) in [4.78, 5) is 39.2. The number of ketones is 2. The first-order valence-electron chi connectivity index (χ1n) is 9.14. The molecule has 0 bridgehead atoms. The van der Waals surface area contributed by atoms with Crippen molar-refractivity contribution in [2.24, 2.45) is 5.92 Å². The molecule has 0 amide bonds. The first-order valence-corrected chi connectivity index (χ1v) is 9.14. The Balaban J connectivity index is 1.73. The molecule has 2 aliphatic carbocycles. The fourth-order valence-electron chi connectivity index (χ4n) is 3.54. The monoisotopic (exact) mass is 370 g/mol. The second kappa shape index (κ2) is 7.61. The van der Waals surface area contributed by atoms with Gasteiger partial charge in [0, 0.05) is 22.6 Å². The standard InChI is InChI=1S/C24H18O4/c25-22-18-13-7-8-14-19(18)23(26)21(20(22)17-11-5-2-6-12-17)24(27)28-15-16-9-3-1-4-10-16/h1-11,13-14,17H,12,15H2. The van der Waals surface area contributed by atoms with Gasteiger partial charge in [-0.05, 0) is 12.0 Å². The topological polar surface area (TPSA) is 60.4 Å². The summed E-state index contributed by atoms with van der Waals surface area (Å²) in [5.41, 5.74) is 1.48. The molecule has 4 nitrogen and oxygen atoms in total. The summed E-state index contributed by atoms with van der Waals surface area (Å²) in [5.74, 6) is -1.82. The fraction of sp³-hybridized carbons (Fsp3) is 0.125. The van der Waals surface area contributed by atoms with E-state index in [1.165, 1.54) is 0 Å². The molecular formula is C24H18O4. The van der Waals surface area contributed by atoms with Crippen LogP contribution in [0.25, 0.3) is 0 Å². The third-order valence-corrected chi connectivity index (χ3v) is 4.93. The number of fused-ring (bicyclic) bond motifs is 1. The van der Waals surface area contributed by atoms with Gasteiger partial charge in [-0.1, -0.05) is 78.9 Å². The van der Waals surface area contributed by atoms with Crippen molar-refractivity contribution in [2.75, 3.05) is 0 Å². The van der Waals surface area contributed by atoms with Gasteiger partial charge in [0.2, 0.25) is 5.78 Å². The van der Waals surface area contributed by atoms with E-state index < -0.39 is 11.8 Å². The second-order valence-corrected chi connectivity index (χ2v) is 6.71. The highest BCUT2D eigenvalue weighted by Crippen LogP contribution is 2.34. The first kappa shape index (κ1) is 17.9. The van der Waals surface area contributed by atoms with Crippen molar-refractivity contribution in [3.8, 4) is 0 Å². The van der Waals surface area contributed by atoms with Crippen LogP contribution in [0.15, 0.2) is 90.0 Å². The van der Waals surface area contributed by atoms with Gasteiger partial charge in [-0.3, -0.25) is 9.59 Å². The van der Waals surface area contributed by atoms with E-state index in [1.807, 2.05) is 54.6 Å². The first-order chi connectivity index (χ1) is 13.7. The highest BCUT2D eigenvalue weighted by molar-refractivity contribution is 6.35. The minimum Gasteiger partial charge on any atom is -0.457 e. The number of hydrogen-bond acceptors (Lipinski definition) is 4. The third-order valence-electron chi connectivity index (χ3n) is 4.93. The molecule has 2 aromatic rings. The molecule has 0 saturated carbocycles. The lowest BCUT2D eigenvalue weighted by Gasteiger charge is -2.24. The molecule has 0 aromatic heterocycles. The van der Waals surface area contributed by atoms with Gasteiger partial charge in [0.1, 0.15) is 12.2 Å². The van der Waals surface area contributed by atoms with Crippen LogP contribution in [0.4, 0.5) is 0 Å². The molecule has 0 aliphatic heterocycles. The van der Waals surface area contributed by atoms with Crippen LogP contribution >= 0.6 is 0 Å². The number of esters is 1. The Labute approximate surface area is 162 Å². The van der Waals surface area contributed by atoms with Gasteiger partial charge in [-0.15, -0.1) is 0 Å². The van der Waals surface area contributed by atoms with Gasteiger partial charge in [-0.25, -0.2) is 4.79 Å². The molecule has 2 aliphatic rings. The zero-order valence-corrected chi connectivity index (χ0v) is 15.1. The summed E-state index contributed by atoms with van der Waals surface area (Å²) in [5, 5.41) is 0. The van der Waals surface area contributed by atoms with Crippen molar-refractivity contribution in [1.82, 2.24) is 0 Å². The van der Waals surface area contributed by atoms with Crippen LogP contribution < -0.4 is 0 Å². The maximum atomic E-state index is 13.2. The van der Waals surface area contributed by atoms with Crippen LogP contribution in [-0.2, 0) is 16.1 Å². The smallest absolute Gasteiger partial charge is 0.342 e. The average molecular weight is 370 g/mol. The zero-order valence-electron chi connectivity index (χ0n) is 15.1. The Morgan fingerprint density at radius 1 is 0.893 bits per heavy atom. The van der Waals surface area contributed by atoms with Crippen LogP contribution in [0.2, 0.25) is 0 Å². The molecule has 4 rings (SSSR count). The van der Waals surface area contributed by atoms with Gasteiger partial charge < -0.3 is 4.74 Å². The van der Waals surface area contributed by atoms with Gasteiger partial charge in [0.15, 0.2) is 5.78 Å². The largest absolute Gasteiger partial charge is 0.457 e. The summed E-state index contributed by atoms with van der Waals surface area (Å²) in [6.07, 6.45) is 8.03. The lowest BCUT2D eigenvalue weighted by atomic mass is 9.77. The summed E-state index contributed by atoms with van der Waals surface area (Å²) in [6, 6.07) is 15.8. The Bertz CT molecular complexity index is 1040. The summed E-state index contributed by atoms with van der Waals surface area (Å²) >= 11 is 0. The summed E-state index contributed by atoms with van der Waals surface area (Å²) < 4.78 is 5.41. The Morgan fingerprint density at radius 3 is 2.25 bits per heavy atom. The normalized spacial score (nSPS) is 18.2. The quantitative estimate of drug-likeness (QED) is 0.597. The zero-order chi connectivity index (χ0) is 19.5. The van der Waals surface area contributed by atoms with E-state index in [4.69, 9.17) is 4.74 Å².